The van der Waals surface area contributed by atoms with Gasteiger partial charge in [-0.2, -0.15) is 0 Å². The molecule has 3 nitrogen and oxygen atoms in total. The summed E-state index contributed by atoms with van der Waals surface area (Å²) in [5.74, 6) is 0. The average Bonchev–Trinajstić information content (AvgIpc) is 3.97. The third-order valence-electron chi connectivity index (χ3n) is 11.6. The molecule has 0 unspecified atom stereocenters. The quantitative estimate of drug-likeness (QED) is 0.168. The molecule has 3 heterocycles. The molecule has 12 rings (SSSR count). The highest BCUT2D eigenvalue weighted by molar-refractivity contribution is 7.25. The van der Waals surface area contributed by atoms with Crippen LogP contribution in [0.5, 0.6) is 0 Å². The zero-order valence-corrected chi connectivity index (χ0v) is 32.2. The first kappa shape index (κ1) is 32.8. The SMILES string of the molecule is c1ccc(N(c2ccc(-c3ccc4sc5ccccc5c4c3)cc2)c2ccc(-c3ccc(-n4c5ccccc5c5ccccc54)cc3)c3oc4ccccc4c23)cc1. The molecule has 272 valence electrons. The van der Waals surface area contributed by atoms with Gasteiger partial charge in [0, 0.05) is 59.0 Å². The van der Waals surface area contributed by atoms with Crippen LogP contribution in [0.25, 0.3) is 91.9 Å². The van der Waals surface area contributed by atoms with Gasteiger partial charge in [0.05, 0.1) is 22.1 Å². The van der Waals surface area contributed by atoms with Gasteiger partial charge in [-0.25, -0.2) is 0 Å². The number of para-hydroxylation sites is 4. The van der Waals surface area contributed by atoms with Crippen molar-refractivity contribution in [2.24, 2.45) is 0 Å². The van der Waals surface area contributed by atoms with Gasteiger partial charge in [0.15, 0.2) is 0 Å². The molecule has 0 bridgehead atoms. The second-order valence-corrected chi connectivity index (χ2v) is 16.0. The minimum Gasteiger partial charge on any atom is -0.455 e. The lowest BCUT2D eigenvalue weighted by Gasteiger charge is -2.27. The van der Waals surface area contributed by atoms with Gasteiger partial charge in [0.2, 0.25) is 0 Å². The summed E-state index contributed by atoms with van der Waals surface area (Å²) in [5.41, 5.74) is 13.1. The van der Waals surface area contributed by atoms with E-state index < -0.39 is 0 Å². The summed E-state index contributed by atoms with van der Waals surface area (Å²) in [6, 6.07) is 74.3. The lowest BCUT2D eigenvalue weighted by molar-refractivity contribution is 0.670. The number of rotatable bonds is 6. The normalized spacial score (nSPS) is 11.8. The van der Waals surface area contributed by atoms with Crippen molar-refractivity contribution in [2.45, 2.75) is 0 Å². The number of nitrogens with zero attached hydrogens (tertiary/aromatic N) is 2. The maximum Gasteiger partial charge on any atom is 0.145 e. The molecule has 0 aliphatic heterocycles. The number of fused-ring (bicyclic) bond motifs is 9. The molecule has 0 fully saturated rings. The maximum absolute atomic E-state index is 6.82. The van der Waals surface area contributed by atoms with Crippen LogP contribution < -0.4 is 4.90 Å². The van der Waals surface area contributed by atoms with Crippen LogP contribution in [0.4, 0.5) is 17.1 Å². The van der Waals surface area contributed by atoms with E-state index in [0.717, 1.165) is 55.8 Å². The van der Waals surface area contributed by atoms with Crippen molar-refractivity contribution in [2.75, 3.05) is 4.90 Å². The van der Waals surface area contributed by atoms with Gasteiger partial charge in [0.25, 0.3) is 0 Å². The first-order chi connectivity index (χ1) is 28.8. The van der Waals surface area contributed by atoms with Crippen molar-refractivity contribution in [1.29, 1.82) is 0 Å². The van der Waals surface area contributed by atoms with Gasteiger partial charge < -0.3 is 13.9 Å². The maximum atomic E-state index is 6.82. The van der Waals surface area contributed by atoms with Crippen LogP contribution in [0.3, 0.4) is 0 Å². The van der Waals surface area contributed by atoms with Gasteiger partial charge in [-0.3, -0.25) is 0 Å². The summed E-state index contributed by atoms with van der Waals surface area (Å²) in [6.45, 7) is 0. The third-order valence-corrected chi connectivity index (χ3v) is 12.8. The van der Waals surface area contributed by atoms with Crippen molar-refractivity contribution in [3.63, 3.8) is 0 Å². The Hall–Kier alpha value is -7.40. The van der Waals surface area contributed by atoms with E-state index in [9.17, 15) is 0 Å². The van der Waals surface area contributed by atoms with Crippen LogP contribution in [0, 0.1) is 0 Å². The number of anilines is 3. The molecule has 0 saturated carbocycles. The van der Waals surface area contributed by atoms with E-state index in [0.29, 0.717) is 0 Å². The fourth-order valence-electron chi connectivity index (χ4n) is 8.93. The van der Waals surface area contributed by atoms with Gasteiger partial charge >= 0.3 is 0 Å². The van der Waals surface area contributed by atoms with Gasteiger partial charge in [0.1, 0.15) is 11.2 Å². The number of aromatic nitrogens is 1. The molecule has 0 amide bonds. The molecular weight excluding hydrogens is 725 g/mol. The zero-order valence-electron chi connectivity index (χ0n) is 31.3. The highest BCUT2D eigenvalue weighted by Crippen LogP contribution is 2.47. The van der Waals surface area contributed by atoms with Crippen molar-refractivity contribution in [3.8, 4) is 27.9 Å². The summed E-state index contributed by atoms with van der Waals surface area (Å²) < 4.78 is 11.8. The van der Waals surface area contributed by atoms with E-state index in [1.54, 1.807) is 0 Å². The number of thiophene rings is 1. The van der Waals surface area contributed by atoms with Gasteiger partial charge in [-0.05, 0) is 102 Å². The van der Waals surface area contributed by atoms with E-state index in [1.807, 2.05) is 11.3 Å². The predicted octanol–water partition coefficient (Wildman–Crippen LogP) is 15.9. The van der Waals surface area contributed by atoms with Crippen LogP contribution in [-0.2, 0) is 0 Å². The van der Waals surface area contributed by atoms with Crippen molar-refractivity contribution in [1.82, 2.24) is 4.57 Å². The molecule has 0 spiro atoms. The fraction of sp³-hybridized carbons (Fsp3) is 0. The lowest BCUT2D eigenvalue weighted by Crippen LogP contribution is -2.10. The zero-order chi connectivity index (χ0) is 38.2. The van der Waals surface area contributed by atoms with Crippen molar-refractivity contribution >= 4 is 92.3 Å². The smallest absolute Gasteiger partial charge is 0.145 e. The first-order valence-corrected chi connectivity index (χ1v) is 20.5. The Bertz CT molecular complexity index is 3450. The van der Waals surface area contributed by atoms with Gasteiger partial charge in [-0.15, -0.1) is 11.3 Å². The fourth-order valence-corrected chi connectivity index (χ4v) is 10.0. The molecule has 4 heteroatoms. The van der Waals surface area contributed by atoms with E-state index in [1.165, 1.54) is 53.1 Å². The summed E-state index contributed by atoms with van der Waals surface area (Å²) in [4.78, 5) is 2.36. The topological polar surface area (TPSA) is 21.3 Å². The van der Waals surface area contributed by atoms with Crippen molar-refractivity contribution in [3.05, 3.63) is 206 Å². The number of furan rings is 1. The highest BCUT2D eigenvalue weighted by Gasteiger charge is 2.22. The van der Waals surface area contributed by atoms with Crippen LogP contribution >= 0.6 is 11.3 Å². The molecule has 0 atom stereocenters. The minimum absolute atomic E-state index is 0.868. The Morgan fingerprint density at radius 2 is 1.00 bits per heavy atom. The minimum atomic E-state index is 0.868. The molecule has 0 aliphatic rings. The highest BCUT2D eigenvalue weighted by atomic mass is 32.1. The van der Waals surface area contributed by atoms with E-state index in [-0.39, 0.29) is 0 Å². The third kappa shape index (κ3) is 5.12. The molecule has 12 aromatic rings. The molecule has 3 aromatic heterocycles. The molecular formula is C54H34N2OS. The van der Waals surface area contributed by atoms with E-state index >= 15 is 0 Å². The number of hydrogen-bond donors (Lipinski definition) is 0. The Morgan fingerprint density at radius 1 is 0.414 bits per heavy atom. The second-order valence-electron chi connectivity index (χ2n) is 14.9. The van der Waals surface area contributed by atoms with Crippen LogP contribution in [0.2, 0.25) is 0 Å². The average molecular weight is 759 g/mol. The molecule has 0 aliphatic carbocycles. The molecule has 9 aromatic carbocycles. The Kier molecular flexibility index (Phi) is 7.40. The summed E-state index contributed by atoms with van der Waals surface area (Å²) in [5, 5.41) is 7.31. The summed E-state index contributed by atoms with van der Waals surface area (Å²) >= 11 is 1.85. The largest absolute Gasteiger partial charge is 0.455 e. The molecule has 58 heavy (non-hydrogen) atoms. The molecule has 0 radical (unpaired) electrons. The lowest BCUT2D eigenvalue weighted by atomic mass is 9.99. The predicted molar refractivity (Wildman–Crippen MR) is 247 cm³/mol. The van der Waals surface area contributed by atoms with Crippen LogP contribution in [-0.4, -0.2) is 4.57 Å². The monoisotopic (exact) mass is 758 g/mol. The summed E-state index contributed by atoms with van der Waals surface area (Å²) in [6.07, 6.45) is 0. The standard InChI is InChI=1S/C54H34N2OS/c1-2-12-38(13-3-1)55(39-27-22-35(23-28-39)37-26-33-52-46(34-37)44-16-7-11-21-51(44)58-52)49-32-31-41(54-53(49)45-17-6-10-20-50(45)57-54)36-24-29-40(30-25-36)56-47-18-8-4-14-42(47)43-15-5-9-19-48(43)56/h1-34H. The van der Waals surface area contributed by atoms with E-state index in [4.69, 9.17) is 4.42 Å². The first-order valence-electron chi connectivity index (χ1n) is 19.7. The van der Waals surface area contributed by atoms with E-state index in [2.05, 4.69) is 216 Å². The Morgan fingerprint density at radius 3 is 1.76 bits per heavy atom. The van der Waals surface area contributed by atoms with Crippen LogP contribution in [0.15, 0.2) is 211 Å². The molecule has 0 N–H and O–H groups in total. The van der Waals surface area contributed by atoms with Crippen LogP contribution in [0.1, 0.15) is 0 Å². The number of benzene rings is 9. The summed E-state index contributed by atoms with van der Waals surface area (Å²) in [7, 11) is 0. The number of hydrogen-bond acceptors (Lipinski definition) is 3. The second kappa shape index (κ2) is 13.1. The van der Waals surface area contributed by atoms with Crippen molar-refractivity contribution < 1.29 is 4.42 Å². The van der Waals surface area contributed by atoms with Gasteiger partial charge in [-0.1, -0.05) is 121 Å². The Labute approximate surface area is 338 Å². The Balaban J connectivity index is 0.986. The molecule has 0 saturated heterocycles.